The molecule has 0 heterocycles. The number of carbonyl (C=O) groups is 1. The molecule has 1 aromatic carbocycles. The molecule has 0 spiro atoms. The van der Waals surface area contributed by atoms with Crippen LogP contribution in [-0.4, -0.2) is 10.9 Å². The zero-order chi connectivity index (χ0) is 10.8. The normalized spacial score (nSPS) is 14.7. The Bertz CT molecular complexity index is 396. The fourth-order valence-corrected chi connectivity index (χ4v) is 1.44. The van der Waals surface area contributed by atoms with Gasteiger partial charge in [0, 0.05) is 17.2 Å². The van der Waals surface area contributed by atoms with E-state index in [9.17, 15) is 4.79 Å². The maximum atomic E-state index is 11.4. The van der Waals surface area contributed by atoms with Crippen LogP contribution in [0.1, 0.15) is 18.4 Å². The van der Waals surface area contributed by atoms with Crippen molar-refractivity contribution in [3.63, 3.8) is 0 Å². The number of hydrogen-bond donors (Lipinski definition) is 2. The van der Waals surface area contributed by atoms with Gasteiger partial charge < -0.3 is 11.1 Å². The molecule has 1 aliphatic rings. The molecule has 2 rings (SSSR count). The molecule has 0 saturated heterocycles. The molecule has 1 amide bonds. The molecule has 4 heteroatoms. The first-order chi connectivity index (χ1) is 7.16. The van der Waals surface area contributed by atoms with Gasteiger partial charge in [-0.3, -0.25) is 4.79 Å². The van der Waals surface area contributed by atoms with Crippen molar-refractivity contribution in [2.24, 2.45) is 11.7 Å². The summed E-state index contributed by atoms with van der Waals surface area (Å²) < 4.78 is 0. The highest BCUT2D eigenvalue weighted by molar-refractivity contribution is 7.80. The first kappa shape index (κ1) is 10.1. The molecule has 1 aromatic rings. The minimum absolute atomic E-state index is 0.109. The van der Waals surface area contributed by atoms with Gasteiger partial charge in [0.2, 0.25) is 5.91 Å². The van der Waals surface area contributed by atoms with Gasteiger partial charge in [0.15, 0.2) is 0 Å². The molecule has 0 atom stereocenters. The first-order valence-corrected chi connectivity index (χ1v) is 5.28. The van der Waals surface area contributed by atoms with Gasteiger partial charge >= 0.3 is 0 Å². The van der Waals surface area contributed by atoms with Crippen LogP contribution in [-0.2, 0) is 4.79 Å². The Morgan fingerprint density at radius 3 is 2.40 bits per heavy atom. The molecule has 78 valence electrons. The Hall–Kier alpha value is -1.42. The highest BCUT2D eigenvalue weighted by Crippen LogP contribution is 2.30. The topological polar surface area (TPSA) is 55.1 Å². The first-order valence-electron chi connectivity index (χ1n) is 4.87. The van der Waals surface area contributed by atoms with Crippen LogP contribution in [0.3, 0.4) is 0 Å². The molecule has 0 bridgehead atoms. The average Bonchev–Trinajstić information content (AvgIpc) is 3.01. The number of nitrogens with two attached hydrogens (primary N) is 1. The van der Waals surface area contributed by atoms with Crippen molar-refractivity contribution in [1.29, 1.82) is 0 Å². The third-order valence-electron chi connectivity index (χ3n) is 2.39. The van der Waals surface area contributed by atoms with E-state index in [0.29, 0.717) is 4.99 Å². The Kier molecular flexibility index (Phi) is 2.68. The van der Waals surface area contributed by atoms with E-state index in [-0.39, 0.29) is 11.8 Å². The molecule has 1 saturated carbocycles. The van der Waals surface area contributed by atoms with Crippen LogP contribution in [0.5, 0.6) is 0 Å². The summed E-state index contributed by atoms with van der Waals surface area (Å²) >= 11 is 4.84. The van der Waals surface area contributed by atoms with Crippen molar-refractivity contribution in [3.05, 3.63) is 29.8 Å². The van der Waals surface area contributed by atoms with Gasteiger partial charge in [-0.2, -0.15) is 0 Å². The van der Waals surface area contributed by atoms with E-state index in [4.69, 9.17) is 18.0 Å². The second-order valence-electron chi connectivity index (χ2n) is 3.71. The summed E-state index contributed by atoms with van der Waals surface area (Å²) in [5.74, 6) is 0.332. The number of hydrogen-bond acceptors (Lipinski definition) is 2. The van der Waals surface area contributed by atoms with Gasteiger partial charge in [0.05, 0.1) is 0 Å². The molecule has 0 radical (unpaired) electrons. The highest BCUT2D eigenvalue weighted by Gasteiger charge is 2.29. The van der Waals surface area contributed by atoms with Gasteiger partial charge in [-0.05, 0) is 37.1 Å². The number of nitrogens with one attached hydrogen (secondary N) is 1. The van der Waals surface area contributed by atoms with Crippen LogP contribution in [0.4, 0.5) is 5.69 Å². The fraction of sp³-hybridized carbons (Fsp3) is 0.273. The summed E-state index contributed by atoms with van der Waals surface area (Å²) in [5.41, 5.74) is 7.08. The lowest BCUT2D eigenvalue weighted by Gasteiger charge is -2.04. The fourth-order valence-electron chi connectivity index (χ4n) is 1.31. The molecule has 1 aliphatic carbocycles. The lowest BCUT2D eigenvalue weighted by Crippen LogP contribution is -2.14. The number of amides is 1. The summed E-state index contributed by atoms with van der Waals surface area (Å²) in [5, 5.41) is 2.85. The van der Waals surface area contributed by atoms with Crippen molar-refractivity contribution in [2.45, 2.75) is 12.8 Å². The van der Waals surface area contributed by atoms with Crippen molar-refractivity contribution >= 4 is 28.8 Å². The number of rotatable bonds is 3. The number of anilines is 1. The molecule has 0 aromatic heterocycles. The Morgan fingerprint density at radius 2 is 1.93 bits per heavy atom. The van der Waals surface area contributed by atoms with E-state index >= 15 is 0 Å². The molecular weight excluding hydrogens is 208 g/mol. The Morgan fingerprint density at radius 1 is 1.33 bits per heavy atom. The van der Waals surface area contributed by atoms with E-state index in [2.05, 4.69) is 5.32 Å². The SMILES string of the molecule is NC(=S)c1ccc(NC(=O)C2CC2)cc1. The summed E-state index contributed by atoms with van der Waals surface area (Å²) in [6, 6.07) is 7.25. The van der Waals surface area contributed by atoms with E-state index in [1.807, 2.05) is 24.3 Å². The molecule has 3 N–H and O–H groups in total. The number of benzene rings is 1. The van der Waals surface area contributed by atoms with E-state index < -0.39 is 0 Å². The minimum Gasteiger partial charge on any atom is -0.389 e. The van der Waals surface area contributed by atoms with Crippen molar-refractivity contribution in [2.75, 3.05) is 5.32 Å². The van der Waals surface area contributed by atoms with Crippen molar-refractivity contribution in [3.8, 4) is 0 Å². The molecule has 3 nitrogen and oxygen atoms in total. The van der Waals surface area contributed by atoms with E-state index in [1.54, 1.807) is 0 Å². The van der Waals surface area contributed by atoms with Gasteiger partial charge in [-0.25, -0.2) is 0 Å². The van der Waals surface area contributed by atoms with E-state index in [0.717, 1.165) is 24.1 Å². The monoisotopic (exact) mass is 220 g/mol. The summed E-state index contributed by atoms with van der Waals surface area (Å²) in [6.07, 6.45) is 2.02. The van der Waals surface area contributed by atoms with Crippen LogP contribution in [0.25, 0.3) is 0 Å². The van der Waals surface area contributed by atoms with Crippen LogP contribution < -0.4 is 11.1 Å². The summed E-state index contributed by atoms with van der Waals surface area (Å²) in [7, 11) is 0. The second-order valence-corrected chi connectivity index (χ2v) is 4.14. The molecule has 1 fully saturated rings. The molecule has 15 heavy (non-hydrogen) atoms. The standard InChI is InChI=1S/C11H12N2OS/c12-10(15)7-3-5-9(6-4-7)13-11(14)8-1-2-8/h3-6,8H,1-2H2,(H2,12,15)(H,13,14). The zero-order valence-electron chi connectivity index (χ0n) is 8.19. The third kappa shape index (κ3) is 2.53. The Balaban J connectivity index is 2.03. The van der Waals surface area contributed by atoms with Crippen LogP contribution in [0.2, 0.25) is 0 Å². The zero-order valence-corrected chi connectivity index (χ0v) is 9.01. The summed E-state index contributed by atoms with van der Waals surface area (Å²) in [6.45, 7) is 0. The van der Waals surface area contributed by atoms with Gasteiger partial charge in [-0.1, -0.05) is 12.2 Å². The highest BCUT2D eigenvalue weighted by atomic mass is 32.1. The Labute approximate surface area is 93.7 Å². The molecule has 0 aliphatic heterocycles. The second kappa shape index (κ2) is 3.98. The molecular formula is C11H12N2OS. The molecule has 0 unspecified atom stereocenters. The van der Waals surface area contributed by atoms with Gasteiger partial charge in [-0.15, -0.1) is 0 Å². The predicted octanol–water partition coefficient (Wildman–Crippen LogP) is 1.67. The smallest absolute Gasteiger partial charge is 0.227 e. The largest absolute Gasteiger partial charge is 0.389 e. The minimum atomic E-state index is 0.109. The van der Waals surface area contributed by atoms with Gasteiger partial charge in [0.25, 0.3) is 0 Å². The number of carbonyl (C=O) groups excluding carboxylic acids is 1. The van der Waals surface area contributed by atoms with Crippen LogP contribution >= 0.6 is 12.2 Å². The summed E-state index contributed by atoms with van der Waals surface area (Å²) in [4.78, 5) is 11.8. The van der Waals surface area contributed by atoms with Crippen LogP contribution in [0.15, 0.2) is 24.3 Å². The lowest BCUT2D eigenvalue weighted by molar-refractivity contribution is -0.117. The van der Waals surface area contributed by atoms with Crippen LogP contribution in [0, 0.1) is 5.92 Å². The van der Waals surface area contributed by atoms with Crippen molar-refractivity contribution in [1.82, 2.24) is 0 Å². The average molecular weight is 220 g/mol. The maximum Gasteiger partial charge on any atom is 0.227 e. The lowest BCUT2D eigenvalue weighted by atomic mass is 10.2. The van der Waals surface area contributed by atoms with Gasteiger partial charge in [0.1, 0.15) is 4.99 Å². The maximum absolute atomic E-state index is 11.4. The quantitative estimate of drug-likeness (QED) is 0.762. The number of thiocarbonyl (C=S) groups is 1. The third-order valence-corrected chi connectivity index (χ3v) is 2.62. The van der Waals surface area contributed by atoms with E-state index in [1.165, 1.54) is 0 Å². The predicted molar refractivity (Wildman–Crippen MR) is 63.7 cm³/mol. The van der Waals surface area contributed by atoms with Crippen molar-refractivity contribution < 1.29 is 4.79 Å².